The third-order valence-corrected chi connectivity index (χ3v) is 3.80. The molecule has 1 fully saturated rings. The van der Waals surface area contributed by atoms with Gasteiger partial charge in [0, 0.05) is 0 Å². The fraction of sp³-hybridized carbons (Fsp3) is 0.222. The van der Waals surface area contributed by atoms with Crippen molar-refractivity contribution in [2.24, 2.45) is 11.8 Å². The Morgan fingerprint density at radius 2 is 1.05 bits per heavy atom. The summed E-state index contributed by atoms with van der Waals surface area (Å²) in [6.07, 6.45) is 1.31. The summed E-state index contributed by atoms with van der Waals surface area (Å²) in [5, 5.41) is 0. The number of esters is 2. The van der Waals surface area contributed by atoms with Gasteiger partial charge < -0.3 is 9.47 Å². The first-order chi connectivity index (χ1) is 10.7. The van der Waals surface area contributed by atoms with Crippen LogP contribution in [0.25, 0.3) is 0 Å². The van der Waals surface area contributed by atoms with Crippen LogP contribution in [0.4, 0.5) is 0 Å². The topological polar surface area (TPSA) is 52.6 Å². The average Bonchev–Trinajstić information content (AvgIpc) is 2.48. The van der Waals surface area contributed by atoms with E-state index in [2.05, 4.69) is 0 Å². The van der Waals surface area contributed by atoms with Crippen LogP contribution in [-0.4, -0.2) is 11.9 Å². The van der Waals surface area contributed by atoms with Crippen molar-refractivity contribution in [1.29, 1.82) is 0 Å². The van der Waals surface area contributed by atoms with Crippen LogP contribution in [-0.2, 0) is 9.59 Å². The number of hydrogen-bond donors (Lipinski definition) is 0. The molecule has 0 heterocycles. The molecule has 4 nitrogen and oxygen atoms in total. The van der Waals surface area contributed by atoms with E-state index in [-0.39, 0.29) is 11.9 Å². The molecule has 0 spiro atoms. The molecule has 1 aliphatic rings. The maximum atomic E-state index is 12.1. The van der Waals surface area contributed by atoms with Crippen molar-refractivity contribution in [1.82, 2.24) is 0 Å². The summed E-state index contributed by atoms with van der Waals surface area (Å²) in [4.78, 5) is 24.3. The van der Waals surface area contributed by atoms with Crippen LogP contribution in [0.1, 0.15) is 12.8 Å². The lowest BCUT2D eigenvalue weighted by molar-refractivity contribution is -0.156. The SMILES string of the molecule is O=C(Oc1ccccc1)C1CCC1C(=O)Oc1ccccc1. The van der Waals surface area contributed by atoms with Gasteiger partial charge in [-0.1, -0.05) is 36.4 Å². The Labute approximate surface area is 128 Å². The van der Waals surface area contributed by atoms with Gasteiger partial charge in [0.1, 0.15) is 11.5 Å². The lowest BCUT2D eigenvalue weighted by Gasteiger charge is -2.32. The van der Waals surface area contributed by atoms with Crippen molar-refractivity contribution >= 4 is 11.9 Å². The maximum Gasteiger partial charge on any atom is 0.315 e. The number of rotatable bonds is 4. The molecule has 0 saturated heterocycles. The zero-order valence-corrected chi connectivity index (χ0v) is 12.0. The monoisotopic (exact) mass is 296 g/mol. The molecule has 0 N–H and O–H groups in total. The molecule has 0 radical (unpaired) electrons. The van der Waals surface area contributed by atoms with Gasteiger partial charge in [-0.2, -0.15) is 0 Å². The minimum atomic E-state index is -0.420. The molecule has 112 valence electrons. The summed E-state index contributed by atoms with van der Waals surface area (Å²) < 4.78 is 10.6. The minimum absolute atomic E-state index is 0.368. The van der Waals surface area contributed by atoms with Crippen LogP contribution in [0.15, 0.2) is 60.7 Å². The predicted molar refractivity (Wildman–Crippen MR) is 80.4 cm³/mol. The van der Waals surface area contributed by atoms with Crippen molar-refractivity contribution < 1.29 is 19.1 Å². The van der Waals surface area contributed by atoms with Crippen LogP contribution in [0.2, 0.25) is 0 Å². The van der Waals surface area contributed by atoms with Gasteiger partial charge in [0.05, 0.1) is 11.8 Å². The van der Waals surface area contributed by atoms with Gasteiger partial charge in [-0.05, 0) is 37.1 Å². The molecule has 1 saturated carbocycles. The average molecular weight is 296 g/mol. The fourth-order valence-corrected chi connectivity index (χ4v) is 2.42. The Morgan fingerprint density at radius 3 is 1.36 bits per heavy atom. The van der Waals surface area contributed by atoms with Crippen LogP contribution >= 0.6 is 0 Å². The van der Waals surface area contributed by atoms with Crippen LogP contribution in [0.3, 0.4) is 0 Å². The highest BCUT2D eigenvalue weighted by atomic mass is 16.5. The molecule has 3 rings (SSSR count). The Kier molecular flexibility index (Phi) is 4.19. The van der Waals surface area contributed by atoms with Crippen LogP contribution < -0.4 is 9.47 Å². The predicted octanol–water partition coefficient (Wildman–Crippen LogP) is 3.22. The lowest BCUT2D eigenvalue weighted by atomic mass is 9.73. The Bertz CT molecular complexity index is 592. The first-order valence-corrected chi connectivity index (χ1v) is 7.27. The zero-order chi connectivity index (χ0) is 15.4. The third kappa shape index (κ3) is 3.17. The maximum absolute atomic E-state index is 12.1. The smallest absolute Gasteiger partial charge is 0.315 e. The molecule has 2 aromatic carbocycles. The van der Waals surface area contributed by atoms with Crippen molar-refractivity contribution in [2.75, 3.05) is 0 Å². The Hall–Kier alpha value is -2.62. The van der Waals surface area contributed by atoms with Gasteiger partial charge >= 0.3 is 11.9 Å². The fourth-order valence-electron chi connectivity index (χ4n) is 2.42. The van der Waals surface area contributed by atoms with E-state index in [9.17, 15) is 9.59 Å². The number of hydrogen-bond acceptors (Lipinski definition) is 4. The van der Waals surface area contributed by atoms with E-state index < -0.39 is 11.8 Å². The van der Waals surface area contributed by atoms with E-state index in [1.165, 1.54) is 0 Å². The largest absolute Gasteiger partial charge is 0.426 e. The van der Waals surface area contributed by atoms with Gasteiger partial charge in [0.25, 0.3) is 0 Å². The quantitative estimate of drug-likeness (QED) is 0.642. The molecule has 4 heteroatoms. The number of benzene rings is 2. The highest BCUT2D eigenvalue weighted by molar-refractivity contribution is 5.85. The molecule has 2 aromatic rings. The second kappa shape index (κ2) is 6.43. The molecule has 0 bridgehead atoms. The van der Waals surface area contributed by atoms with E-state index in [0.29, 0.717) is 24.3 Å². The van der Waals surface area contributed by atoms with Crippen LogP contribution in [0.5, 0.6) is 11.5 Å². The summed E-state index contributed by atoms with van der Waals surface area (Å²) in [5.74, 6) is -0.586. The molecule has 1 aliphatic carbocycles. The minimum Gasteiger partial charge on any atom is -0.426 e. The van der Waals surface area contributed by atoms with E-state index in [1.54, 1.807) is 48.5 Å². The summed E-state index contributed by atoms with van der Waals surface area (Å²) in [6, 6.07) is 17.7. The van der Waals surface area contributed by atoms with E-state index in [4.69, 9.17) is 9.47 Å². The molecule has 2 unspecified atom stereocenters. The summed E-state index contributed by atoms with van der Waals surface area (Å²) in [7, 11) is 0. The van der Waals surface area contributed by atoms with Crippen molar-refractivity contribution in [2.45, 2.75) is 12.8 Å². The molecule has 0 aromatic heterocycles. The van der Waals surface area contributed by atoms with Crippen LogP contribution in [0, 0.1) is 11.8 Å². The number of ether oxygens (including phenoxy) is 2. The van der Waals surface area contributed by atoms with Gasteiger partial charge in [-0.3, -0.25) is 9.59 Å². The lowest BCUT2D eigenvalue weighted by Crippen LogP contribution is -2.42. The second-order valence-electron chi connectivity index (χ2n) is 5.26. The molecule has 22 heavy (non-hydrogen) atoms. The van der Waals surface area contributed by atoms with Crippen molar-refractivity contribution in [3.05, 3.63) is 60.7 Å². The van der Waals surface area contributed by atoms with E-state index in [1.807, 2.05) is 12.1 Å². The Morgan fingerprint density at radius 1 is 0.682 bits per heavy atom. The Balaban J connectivity index is 1.59. The first-order valence-electron chi connectivity index (χ1n) is 7.27. The van der Waals surface area contributed by atoms with E-state index >= 15 is 0 Å². The third-order valence-electron chi connectivity index (χ3n) is 3.80. The van der Waals surface area contributed by atoms with Gasteiger partial charge in [-0.15, -0.1) is 0 Å². The number of para-hydroxylation sites is 2. The van der Waals surface area contributed by atoms with Gasteiger partial charge in [0.2, 0.25) is 0 Å². The van der Waals surface area contributed by atoms with E-state index in [0.717, 1.165) is 0 Å². The van der Waals surface area contributed by atoms with Gasteiger partial charge in [-0.25, -0.2) is 0 Å². The molecule has 0 amide bonds. The summed E-state index contributed by atoms with van der Waals surface area (Å²) in [5.41, 5.74) is 0. The summed E-state index contributed by atoms with van der Waals surface area (Å²) >= 11 is 0. The highest BCUT2D eigenvalue weighted by Crippen LogP contribution is 2.36. The summed E-state index contributed by atoms with van der Waals surface area (Å²) in [6.45, 7) is 0. The molecule has 2 atom stereocenters. The molecular formula is C18H16O4. The standard InChI is InChI=1S/C18H16O4/c19-17(21-13-7-3-1-4-8-13)15-11-12-16(15)18(20)22-14-9-5-2-6-10-14/h1-10,15-16H,11-12H2. The van der Waals surface area contributed by atoms with Crippen molar-refractivity contribution in [3.63, 3.8) is 0 Å². The highest BCUT2D eigenvalue weighted by Gasteiger charge is 2.43. The number of carbonyl (C=O) groups is 2. The number of carbonyl (C=O) groups excluding carboxylic acids is 2. The zero-order valence-electron chi connectivity index (χ0n) is 12.0. The first kappa shape index (κ1) is 14.3. The normalized spacial score (nSPS) is 19.8. The molecular weight excluding hydrogens is 280 g/mol. The van der Waals surface area contributed by atoms with Gasteiger partial charge in [0.15, 0.2) is 0 Å². The van der Waals surface area contributed by atoms with Crippen molar-refractivity contribution in [3.8, 4) is 11.5 Å². The molecule has 0 aliphatic heterocycles. The second-order valence-corrected chi connectivity index (χ2v) is 5.26.